The highest BCUT2D eigenvalue weighted by Gasteiger charge is 2.08. The second kappa shape index (κ2) is 2.45. The number of aromatic nitrogens is 3. The summed E-state index contributed by atoms with van der Waals surface area (Å²) in [6, 6.07) is 0. The first-order valence-electron chi connectivity index (χ1n) is 4.18. The van der Waals surface area contributed by atoms with E-state index in [0.717, 1.165) is 22.5 Å². The smallest absolute Gasteiger partial charge is 0.160 e. The van der Waals surface area contributed by atoms with Gasteiger partial charge in [-0.1, -0.05) is 0 Å². The molecular weight excluding hydrogens is 164 g/mol. The molecule has 0 aromatic carbocycles. The number of nitrogens with zero attached hydrogens (tertiary/aromatic N) is 3. The Labute approximate surface area is 76.4 Å². The van der Waals surface area contributed by atoms with Crippen LogP contribution in [0.25, 0.3) is 5.65 Å². The van der Waals surface area contributed by atoms with Crippen LogP contribution in [0.15, 0.2) is 6.20 Å². The lowest BCUT2D eigenvalue weighted by molar-refractivity contribution is 0.929. The molecule has 4 nitrogen and oxygen atoms in total. The Hall–Kier alpha value is -1.58. The van der Waals surface area contributed by atoms with Gasteiger partial charge in [-0.25, -0.2) is 4.98 Å². The predicted octanol–water partition coefficient (Wildman–Crippen LogP) is 1.24. The van der Waals surface area contributed by atoms with E-state index >= 15 is 0 Å². The molecule has 2 N–H and O–H groups in total. The lowest BCUT2D eigenvalue weighted by Gasteiger charge is -2.05. The van der Waals surface area contributed by atoms with Gasteiger partial charge in [-0.15, -0.1) is 0 Å². The maximum atomic E-state index is 5.89. The molecule has 0 radical (unpaired) electrons. The van der Waals surface area contributed by atoms with Gasteiger partial charge in [0.25, 0.3) is 0 Å². The van der Waals surface area contributed by atoms with E-state index in [4.69, 9.17) is 5.73 Å². The molecule has 68 valence electrons. The lowest BCUT2D eigenvalue weighted by Crippen LogP contribution is -2.05. The van der Waals surface area contributed by atoms with Crippen molar-refractivity contribution < 1.29 is 0 Å². The van der Waals surface area contributed by atoms with Gasteiger partial charge in [0, 0.05) is 16.8 Å². The quantitative estimate of drug-likeness (QED) is 0.657. The maximum absolute atomic E-state index is 5.89. The van der Waals surface area contributed by atoms with Gasteiger partial charge < -0.3 is 5.73 Å². The van der Waals surface area contributed by atoms with Crippen LogP contribution in [0.2, 0.25) is 0 Å². The number of hydrogen-bond donors (Lipinski definition) is 1. The van der Waals surface area contributed by atoms with E-state index in [-0.39, 0.29) is 0 Å². The van der Waals surface area contributed by atoms with Crippen molar-refractivity contribution in [2.45, 2.75) is 20.8 Å². The third kappa shape index (κ3) is 0.983. The molecule has 0 amide bonds. The van der Waals surface area contributed by atoms with Crippen LogP contribution in [-0.4, -0.2) is 14.6 Å². The zero-order valence-electron chi connectivity index (χ0n) is 8.00. The molecule has 4 heteroatoms. The Balaban J connectivity index is 2.96. The van der Waals surface area contributed by atoms with Crippen molar-refractivity contribution in [1.82, 2.24) is 14.6 Å². The van der Waals surface area contributed by atoms with E-state index in [9.17, 15) is 0 Å². The fourth-order valence-electron chi connectivity index (χ4n) is 1.32. The summed E-state index contributed by atoms with van der Waals surface area (Å²) in [6.45, 7) is 5.88. The second-order valence-electron chi connectivity index (χ2n) is 3.27. The normalized spacial score (nSPS) is 11.0. The first-order valence-corrected chi connectivity index (χ1v) is 4.18. The van der Waals surface area contributed by atoms with Gasteiger partial charge in [-0.2, -0.15) is 9.61 Å². The van der Waals surface area contributed by atoms with Crippen LogP contribution in [0.5, 0.6) is 0 Å². The largest absolute Gasteiger partial charge is 0.383 e. The van der Waals surface area contributed by atoms with Gasteiger partial charge in [0.05, 0.1) is 6.20 Å². The topological polar surface area (TPSA) is 56.2 Å². The summed E-state index contributed by atoms with van der Waals surface area (Å²) in [5.41, 5.74) is 9.75. The molecule has 0 fully saturated rings. The Kier molecular flexibility index (Phi) is 1.52. The van der Waals surface area contributed by atoms with Crippen LogP contribution in [0.4, 0.5) is 5.82 Å². The van der Waals surface area contributed by atoms with E-state index in [0.29, 0.717) is 5.82 Å². The fraction of sp³-hybridized carbons (Fsp3) is 0.333. The van der Waals surface area contributed by atoms with Crippen molar-refractivity contribution in [3.63, 3.8) is 0 Å². The number of aryl methyl sites for hydroxylation is 2. The molecule has 0 aliphatic rings. The molecule has 13 heavy (non-hydrogen) atoms. The minimum atomic E-state index is 0.676. The molecule has 0 aliphatic carbocycles. The fourth-order valence-corrected chi connectivity index (χ4v) is 1.32. The highest BCUT2D eigenvalue weighted by Crippen LogP contribution is 2.17. The van der Waals surface area contributed by atoms with Gasteiger partial charge in [-0.3, -0.25) is 0 Å². The Morgan fingerprint density at radius 2 is 2.00 bits per heavy atom. The lowest BCUT2D eigenvalue weighted by atomic mass is 10.2. The number of nitrogen functional groups attached to an aromatic ring is 1. The average Bonchev–Trinajstić information content (AvgIpc) is 2.45. The van der Waals surface area contributed by atoms with Gasteiger partial charge in [0.1, 0.15) is 5.82 Å². The zero-order chi connectivity index (χ0) is 9.59. The third-order valence-electron chi connectivity index (χ3n) is 2.35. The van der Waals surface area contributed by atoms with Gasteiger partial charge in [-0.05, 0) is 20.8 Å². The molecule has 0 atom stereocenters. The van der Waals surface area contributed by atoms with Gasteiger partial charge in [0.15, 0.2) is 5.65 Å². The number of anilines is 1. The first-order chi connectivity index (χ1) is 6.11. The summed E-state index contributed by atoms with van der Waals surface area (Å²) in [6.07, 6.45) is 1.78. The number of rotatable bonds is 0. The summed E-state index contributed by atoms with van der Waals surface area (Å²) < 4.78 is 1.68. The summed E-state index contributed by atoms with van der Waals surface area (Å²) in [5.74, 6) is 0.676. The van der Waals surface area contributed by atoms with Crippen LogP contribution < -0.4 is 5.73 Å². The van der Waals surface area contributed by atoms with Gasteiger partial charge >= 0.3 is 0 Å². The SMILES string of the molecule is Cc1nc2c(C)cnn2c(N)c1C. The average molecular weight is 176 g/mol. The van der Waals surface area contributed by atoms with Crippen LogP contribution in [-0.2, 0) is 0 Å². The highest BCUT2D eigenvalue weighted by molar-refractivity contribution is 5.55. The number of nitrogens with two attached hydrogens (primary N) is 1. The van der Waals surface area contributed by atoms with Crippen molar-refractivity contribution in [2.24, 2.45) is 0 Å². The van der Waals surface area contributed by atoms with Crippen molar-refractivity contribution in [2.75, 3.05) is 5.73 Å². The Morgan fingerprint density at radius 3 is 2.69 bits per heavy atom. The molecule has 2 rings (SSSR count). The number of hydrogen-bond acceptors (Lipinski definition) is 3. The minimum absolute atomic E-state index is 0.676. The third-order valence-corrected chi connectivity index (χ3v) is 2.35. The van der Waals surface area contributed by atoms with Gasteiger partial charge in [0.2, 0.25) is 0 Å². The molecule has 0 bridgehead atoms. The molecule has 0 saturated carbocycles. The van der Waals surface area contributed by atoms with Crippen molar-refractivity contribution in [3.8, 4) is 0 Å². The molecule has 2 heterocycles. The highest BCUT2D eigenvalue weighted by atomic mass is 15.3. The molecule has 0 spiro atoms. The minimum Gasteiger partial charge on any atom is -0.383 e. The monoisotopic (exact) mass is 176 g/mol. The Bertz CT molecular complexity index is 470. The summed E-state index contributed by atoms with van der Waals surface area (Å²) >= 11 is 0. The van der Waals surface area contributed by atoms with Crippen molar-refractivity contribution in [1.29, 1.82) is 0 Å². The van der Waals surface area contributed by atoms with E-state index in [1.165, 1.54) is 0 Å². The predicted molar refractivity (Wildman–Crippen MR) is 51.6 cm³/mol. The second-order valence-corrected chi connectivity index (χ2v) is 3.27. The maximum Gasteiger partial charge on any atom is 0.160 e. The van der Waals surface area contributed by atoms with Crippen molar-refractivity contribution >= 4 is 11.5 Å². The molecule has 0 aliphatic heterocycles. The van der Waals surface area contributed by atoms with Crippen LogP contribution in [0, 0.1) is 20.8 Å². The zero-order valence-corrected chi connectivity index (χ0v) is 8.00. The summed E-state index contributed by atoms with van der Waals surface area (Å²) in [4.78, 5) is 4.42. The van der Waals surface area contributed by atoms with Crippen LogP contribution in [0.3, 0.4) is 0 Å². The summed E-state index contributed by atoms with van der Waals surface area (Å²) in [5, 5.41) is 4.15. The first kappa shape index (κ1) is 8.04. The van der Waals surface area contributed by atoms with E-state index < -0.39 is 0 Å². The molecule has 2 aromatic heterocycles. The van der Waals surface area contributed by atoms with Crippen molar-refractivity contribution in [3.05, 3.63) is 23.0 Å². The Morgan fingerprint density at radius 1 is 1.31 bits per heavy atom. The molecule has 0 unspecified atom stereocenters. The summed E-state index contributed by atoms with van der Waals surface area (Å²) in [7, 11) is 0. The van der Waals surface area contributed by atoms with E-state index in [1.807, 2.05) is 20.8 Å². The standard InChI is InChI=1S/C9H12N4/c1-5-4-11-13-8(10)6(2)7(3)12-9(5)13/h4H,10H2,1-3H3. The van der Waals surface area contributed by atoms with E-state index in [1.54, 1.807) is 10.7 Å². The molecule has 2 aromatic rings. The molecular formula is C9H12N4. The number of fused-ring (bicyclic) bond motifs is 1. The molecule has 0 saturated heterocycles. The van der Waals surface area contributed by atoms with Crippen LogP contribution in [0.1, 0.15) is 16.8 Å². The van der Waals surface area contributed by atoms with E-state index in [2.05, 4.69) is 10.1 Å². The van der Waals surface area contributed by atoms with Crippen LogP contribution >= 0.6 is 0 Å².